The predicted molar refractivity (Wildman–Crippen MR) is 95.8 cm³/mol. The average molecular weight is 418 g/mol. The Hall–Kier alpha value is 0.750. The number of hydrogen-bond donors (Lipinski definition) is 0. The Bertz CT molecular complexity index is 281. The van der Waals surface area contributed by atoms with Crippen LogP contribution in [-0.4, -0.2) is 39.5 Å². The molecule has 0 N–H and O–H groups in total. The summed E-state index contributed by atoms with van der Waals surface area (Å²) >= 11 is -3.10. The van der Waals surface area contributed by atoms with Crippen LogP contribution in [0.15, 0.2) is 0 Å². The summed E-state index contributed by atoms with van der Waals surface area (Å²) in [7, 11) is 0. The molecule has 0 aromatic heterocycles. The average Bonchev–Trinajstić information content (AvgIpc) is 2.25. The van der Waals surface area contributed by atoms with E-state index in [1.165, 1.54) is 0 Å². The van der Waals surface area contributed by atoms with Crippen molar-refractivity contribution in [2.75, 3.05) is 0 Å². The second-order valence-corrected chi connectivity index (χ2v) is 12.6. The molecule has 0 aliphatic heterocycles. The first-order chi connectivity index (χ1) is 9.62. The molecule has 0 amide bonds. The Morgan fingerprint density at radius 1 is 0.500 bits per heavy atom. The first kappa shape index (κ1) is 22.8. The molecule has 0 fully saturated rings. The van der Waals surface area contributed by atoms with Gasteiger partial charge in [-0.25, -0.2) is 0 Å². The molecule has 0 radical (unpaired) electrons. The Labute approximate surface area is 148 Å². The van der Waals surface area contributed by atoms with Gasteiger partial charge in [-0.3, -0.25) is 0 Å². The summed E-state index contributed by atoms with van der Waals surface area (Å²) < 4.78 is 19.3. The predicted octanol–water partition coefficient (Wildman–Crippen LogP) is 5.32. The van der Waals surface area contributed by atoms with Crippen LogP contribution in [0.25, 0.3) is 0 Å². The molecular formula is C18H39InO3. The summed E-state index contributed by atoms with van der Waals surface area (Å²) in [6, 6.07) is 0. The van der Waals surface area contributed by atoms with Crippen LogP contribution < -0.4 is 0 Å². The van der Waals surface area contributed by atoms with E-state index in [1.54, 1.807) is 0 Å². The molecule has 0 unspecified atom stereocenters. The van der Waals surface area contributed by atoms with Gasteiger partial charge >= 0.3 is 149 Å². The minimum absolute atomic E-state index is 0.221. The molecule has 0 saturated heterocycles. The molecule has 0 saturated carbocycles. The first-order valence-electron chi connectivity index (χ1n) is 8.65. The van der Waals surface area contributed by atoms with Crippen molar-refractivity contribution < 1.29 is 8.56 Å². The normalized spacial score (nSPS) is 14.3. The maximum absolute atomic E-state index is 6.44. The SMILES string of the molecule is CC(C)C(C)(C)[O][In]([O]C(C)(C)C(C)C)[O]C(C)(C)C(C)C. The fourth-order valence-corrected chi connectivity index (χ4v) is 8.21. The van der Waals surface area contributed by atoms with Crippen molar-refractivity contribution in [2.45, 2.75) is 99.9 Å². The van der Waals surface area contributed by atoms with E-state index in [0.717, 1.165) is 0 Å². The summed E-state index contributed by atoms with van der Waals surface area (Å²) in [6.45, 7) is 25.9. The van der Waals surface area contributed by atoms with Crippen LogP contribution in [0.3, 0.4) is 0 Å². The molecule has 22 heavy (non-hydrogen) atoms. The van der Waals surface area contributed by atoms with Gasteiger partial charge in [0.05, 0.1) is 0 Å². The summed E-state index contributed by atoms with van der Waals surface area (Å²) in [5, 5.41) is 0. The van der Waals surface area contributed by atoms with Gasteiger partial charge in [0, 0.05) is 0 Å². The third kappa shape index (κ3) is 7.11. The number of rotatable bonds is 9. The molecule has 0 aliphatic rings. The molecular weight excluding hydrogens is 379 g/mol. The minimum atomic E-state index is -3.10. The van der Waals surface area contributed by atoms with Crippen LogP contribution in [0.2, 0.25) is 0 Å². The van der Waals surface area contributed by atoms with Gasteiger partial charge in [-0.05, 0) is 0 Å². The van der Waals surface area contributed by atoms with Crippen LogP contribution in [0.4, 0.5) is 0 Å². The fraction of sp³-hybridized carbons (Fsp3) is 1.00. The molecule has 0 atom stereocenters. The van der Waals surface area contributed by atoms with Crippen molar-refractivity contribution in [1.82, 2.24) is 0 Å². The summed E-state index contributed by atoms with van der Waals surface area (Å²) in [5.74, 6) is 1.26. The number of hydrogen-bond acceptors (Lipinski definition) is 3. The topological polar surface area (TPSA) is 27.7 Å². The van der Waals surface area contributed by atoms with Crippen molar-refractivity contribution in [3.05, 3.63) is 0 Å². The van der Waals surface area contributed by atoms with Crippen molar-refractivity contribution >= 4 is 22.7 Å². The summed E-state index contributed by atoms with van der Waals surface area (Å²) in [4.78, 5) is 0. The van der Waals surface area contributed by atoms with E-state index < -0.39 is 22.7 Å². The zero-order chi connectivity index (χ0) is 17.9. The molecule has 0 bridgehead atoms. The molecule has 0 aromatic carbocycles. The van der Waals surface area contributed by atoms with E-state index in [0.29, 0.717) is 17.8 Å². The van der Waals surface area contributed by atoms with Crippen molar-refractivity contribution in [3.8, 4) is 0 Å². The van der Waals surface area contributed by atoms with Gasteiger partial charge in [0.15, 0.2) is 0 Å². The summed E-state index contributed by atoms with van der Waals surface area (Å²) in [5.41, 5.74) is -0.664. The third-order valence-corrected chi connectivity index (χ3v) is 12.2. The fourth-order valence-electron chi connectivity index (χ4n) is 1.22. The van der Waals surface area contributed by atoms with Crippen LogP contribution >= 0.6 is 0 Å². The standard InChI is InChI=1S/3C6H13O.In/c3*1-5(2)6(3,4)7;/h3*5H,1-4H3;/q3*-1;+3. The van der Waals surface area contributed by atoms with Gasteiger partial charge in [0.1, 0.15) is 0 Å². The van der Waals surface area contributed by atoms with Crippen LogP contribution in [-0.2, 0) is 8.56 Å². The van der Waals surface area contributed by atoms with Gasteiger partial charge < -0.3 is 0 Å². The van der Waals surface area contributed by atoms with Gasteiger partial charge in [-0.2, -0.15) is 0 Å². The van der Waals surface area contributed by atoms with Crippen LogP contribution in [0.1, 0.15) is 83.1 Å². The van der Waals surface area contributed by atoms with E-state index >= 15 is 0 Å². The van der Waals surface area contributed by atoms with E-state index in [9.17, 15) is 0 Å². The van der Waals surface area contributed by atoms with Gasteiger partial charge in [0.2, 0.25) is 0 Å². The zero-order valence-corrected chi connectivity index (χ0v) is 20.3. The molecule has 0 aromatic rings. The van der Waals surface area contributed by atoms with Crippen LogP contribution in [0, 0.1) is 17.8 Å². The monoisotopic (exact) mass is 418 g/mol. The second-order valence-electron chi connectivity index (χ2n) is 8.92. The van der Waals surface area contributed by atoms with Crippen molar-refractivity contribution in [2.24, 2.45) is 17.8 Å². The first-order valence-corrected chi connectivity index (χ1v) is 12.7. The Morgan fingerprint density at radius 2 is 0.682 bits per heavy atom. The van der Waals surface area contributed by atoms with E-state index in [2.05, 4.69) is 83.1 Å². The molecule has 0 heterocycles. The molecule has 0 aliphatic carbocycles. The van der Waals surface area contributed by atoms with E-state index in [-0.39, 0.29) is 16.8 Å². The molecule has 0 rings (SSSR count). The van der Waals surface area contributed by atoms with Gasteiger partial charge in [-0.1, -0.05) is 0 Å². The molecule has 3 nitrogen and oxygen atoms in total. The molecule has 0 spiro atoms. The van der Waals surface area contributed by atoms with Crippen molar-refractivity contribution in [3.63, 3.8) is 0 Å². The van der Waals surface area contributed by atoms with Crippen LogP contribution in [0.5, 0.6) is 0 Å². The van der Waals surface area contributed by atoms with Gasteiger partial charge in [0.25, 0.3) is 0 Å². The van der Waals surface area contributed by atoms with E-state index in [1.807, 2.05) is 0 Å². The second kappa shape index (κ2) is 8.22. The quantitative estimate of drug-likeness (QED) is 0.507. The van der Waals surface area contributed by atoms with E-state index in [4.69, 9.17) is 8.56 Å². The molecule has 132 valence electrons. The van der Waals surface area contributed by atoms with Crippen molar-refractivity contribution in [1.29, 1.82) is 0 Å². The summed E-state index contributed by atoms with van der Waals surface area (Å²) in [6.07, 6.45) is 0. The molecule has 4 heteroatoms. The zero-order valence-electron chi connectivity index (χ0n) is 17.0. The maximum atomic E-state index is 6.44. The Kier molecular flexibility index (Phi) is 8.50. The Balaban J connectivity index is 5.25. The van der Waals surface area contributed by atoms with Gasteiger partial charge in [-0.15, -0.1) is 0 Å². The third-order valence-electron chi connectivity index (χ3n) is 5.37. The Morgan fingerprint density at radius 3 is 0.818 bits per heavy atom.